The maximum atomic E-state index is 11.8. The van der Waals surface area contributed by atoms with Gasteiger partial charge in [-0.25, -0.2) is 9.59 Å². The molecule has 2 rings (SSSR count). The van der Waals surface area contributed by atoms with E-state index in [1.165, 1.54) is 12.1 Å². The zero-order valence-electron chi connectivity index (χ0n) is 11.3. The molecule has 20 heavy (non-hydrogen) atoms. The lowest BCUT2D eigenvalue weighted by Gasteiger charge is -2.20. The van der Waals surface area contributed by atoms with Gasteiger partial charge in [-0.1, -0.05) is 6.07 Å². The summed E-state index contributed by atoms with van der Waals surface area (Å²) in [6.07, 6.45) is 2.00. The molecule has 1 aromatic carbocycles. The first kappa shape index (κ1) is 14.3. The molecule has 0 saturated carbocycles. The number of benzene rings is 1. The Morgan fingerprint density at radius 1 is 1.45 bits per heavy atom. The SMILES string of the molecule is CC(NC(=O)Nc1cccc(C(=O)O)c1)C1CCCO1. The predicted molar refractivity (Wildman–Crippen MR) is 74.0 cm³/mol. The molecule has 1 aliphatic rings. The van der Waals surface area contributed by atoms with Crippen LogP contribution in [0.4, 0.5) is 10.5 Å². The number of hydrogen-bond acceptors (Lipinski definition) is 3. The van der Waals surface area contributed by atoms with Crippen molar-refractivity contribution in [2.45, 2.75) is 31.9 Å². The first-order valence-corrected chi connectivity index (χ1v) is 6.59. The average Bonchev–Trinajstić information content (AvgIpc) is 2.92. The van der Waals surface area contributed by atoms with Gasteiger partial charge in [-0.2, -0.15) is 0 Å². The van der Waals surface area contributed by atoms with Crippen molar-refractivity contribution in [3.63, 3.8) is 0 Å². The predicted octanol–water partition coefficient (Wildman–Crippen LogP) is 2.07. The van der Waals surface area contributed by atoms with Crippen molar-refractivity contribution in [1.82, 2.24) is 5.32 Å². The van der Waals surface area contributed by atoms with Crippen LogP contribution in [0.1, 0.15) is 30.1 Å². The van der Waals surface area contributed by atoms with Gasteiger partial charge in [0.25, 0.3) is 0 Å². The summed E-state index contributed by atoms with van der Waals surface area (Å²) in [5.74, 6) is -1.03. The Morgan fingerprint density at radius 2 is 2.25 bits per heavy atom. The van der Waals surface area contributed by atoms with Gasteiger partial charge in [-0.05, 0) is 38.0 Å². The van der Waals surface area contributed by atoms with Gasteiger partial charge < -0.3 is 20.5 Å². The Bertz CT molecular complexity index is 498. The molecule has 0 radical (unpaired) electrons. The van der Waals surface area contributed by atoms with Crippen LogP contribution in [0.15, 0.2) is 24.3 Å². The van der Waals surface area contributed by atoms with Crippen molar-refractivity contribution in [3.8, 4) is 0 Å². The number of anilines is 1. The van der Waals surface area contributed by atoms with Crippen LogP contribution in [0.25, 0.3) is 0 Å². The summed E-state index contributed by atoms with van der Waals surface area (Å²) in [6.45, 7) is 2.63. The lowest BCUT2D eigenvalue weighted by atomic mass is 10.1. The molecule has 3 N–H and O–H groups in total. The molecule has 2 amide bonds. The van der Waals surface area contributed by atoms with Gasteiger partial charge in [-0.15, -0.1) is 0 Å². The third-order valence-electron chi connectivity index (χ3n) is 3.25. The molecule has 6 nitrogen and oxygen atoms in total. The first-order chi connectivity index (χ1) is 9.56. The van der Waals surface area contributed by atoms with Crippen molar-refractivity contribution >= 4 is 17.7 Å². The minimum atomic E-state index is -1.03. The van der Waals surface area contributed by atoms with Gasteiger partial charge in [0.2, 0.25) is 0 Å². The van der Waals surface area contributed by atoms with E-state index in [1.807, 2.05) is 6.92 Å². The summed E-state index contributed by atoms with van der Waals surface area (Å²) in [6, 6.07) is 5.67. The molecule has 0 bridgehead atoms. The molecule has 0 aromatic heterocycles. The minimum absolute atomic E-state index is 0.0473. The van der Waals surface area contributed by atoms with Crippen LogP contribution >= 0.6 is 0 Å². The Kier molecular flexibility index (Phi) is 4.57. The van der Waals surface area contributed by atoms with E-state index in [9.17, 15) is 9.59 Å². The van der Waals surface area contributed by atoms with E-state index < -0.39 is 5.97 Å². The molecule has 2 atom stereocenters. The summed E-state index contributed by atoms with van der Waals surface area (Å²) < 4.78 is 5.50. The third-order valence-corrected chi connectivity index (χ3v) is 3.25. The summed E-state index contributed by atoms with van der Waals surface area (Å²) in [7, 11) is 0. The second kappa shape index (κ2) is 6.38. The molecule has 1 aliphatic heterocycles. The lowest BCUT2D eigenvalue weighted by Crippen LogP contribution is -2.43. The average molecular weight is 278 g/mol. The van der Waals surface area contributed by atoms with Gasteiger partial charge in [-0.3, -0.25) is 0 Å². The van der Waals surface area contributed by atoms with Crippen LogP contribution in [-0.4, -0.2) is 35.9 Å². The molecule has 1 fully saturated rings. The maximum Gasteiger partial charge on any atom is 0.335 e. The van der Waals surface area contributed by atoms with E-state index >= 15 is 0 Å². The van der Waals surface area contributed by atoms with Crippen LogP contribution in [0.5, 0.6) is 0 Å². The molecule has 108 valence electrons. The number of carboxylic acids is 1. The molecule has 0 aliphatic carbocycles. The molecule has 1 heterocycles. The largest absolute Gasteiger partial charge is 0.478 e. The number of aromatic carboxylic acids is 1. The fourth-order valence-corrected chi connectivity index (χ4v) is 2.19. The summed E-state index contributed by atoms with van der Waals surface area (Å²) >= 11 is 0. The smallest absolute Gasteiger partial charge is 0.335 e. The second-order valence-electron chi connectivity index (χ2n) is 4.82. The van der Waals surface area contributed by atoms with Gasteiger partial charge in [0.15, 0.2) is 0 Å². The topological polar surface area (TPSA) is 87.7 Å². The fourth-order valence-electron chi connectivity index (χ4n) is 2.19. The van der Waals surface area contributed by atoms with E-state index in [0.717, 1.165) is 19.4 Å². The zero-order chi connectivity index (χ0) is 14.5. The van der Waals surface area contributed by atoms with Crippen molar-refractivity contribution < 1.29 is 19.4 Å². The number of rotatable bonds is 4. The summed E-state index contributed by atoms with van der Waals surface area (Å²) in [5.41, 5.74) is 0.580. The second-order valence-corrected chi connectivity index (χ2v) is 4.82. The number of amides is 2. The standard InChI is InChI=1S/C14H18N2O4/c1-9(12-6-3-7-20-12)15-14(19)16-11-5-2-4-10(8-11)13(17)18/h2,4-5,8-9,12H,3,6-7H2,1H3,(H,17,18)(H2,15,16,19). The Hall–Kier alpha value is -2.08. The maximum absolute atomic E-state index is 11.8. The zero-order valence-corrected chi connectivity index (χ0v) is 11.3. The molecule has 0 spiro atoms. The molecule has 1 aromatic rings. The number of ether oxygens (including phenoxy) is 1. The van der Waals surface area contributed by atoms with Gasteiger partial charge >= 0.3 is 12.0 Å². The van der Waals surface area contributed by atoms with Gasteiger partial charge in [0.05, 0.1) is 17.7 Å². The Labute approximate surface area is 117 Å². The number of carboxylic acid groups (broad SMARTS) is 1. The third kappa shape index (κ3) is 3.71. The van der Waals surface area contributed by atoms with E-state index in [0.29, 0.717) is 5.69 Å². The van der Waals surface area contributed by atoms with Crippen LogP contribution < -0.4 is 10.6 Å². The number of urea groups is 1. The van der Waals surface area contributed by atoms with Crippen LogP contribution in [0.3, 0.4) is 0 Å². The first-order valence-electron chi connectivity index (χ1n) is 6.59. The highest BCUT2D eigenvalue weighted by Crippen LogP contribution is 2.16. The fraction of sp³-hybridized carbons (Fsp3) is 0.429. The highest BCUT2D eigenvalue weighted by atomic mass is 16.5. The van der Waals surface area contributed by atoms with E-state index in [-0.39, 0.29) is 23.7 Å². The van der Waals surface area contributed by atoms with Crippen LogP contribution in [0, 0.1) is 0 Å². The number of hydrogen-bond donors (Lipinski definition) is 3. The highest BCUT2D eigenvalue weighted by Gasteiger charge is 2.23. The number of carbonyl (C=O) groups excluding carboxylic acids is 1. The van der Waals surface area contributed by atoms with Crippen molar-refractivity contribution in [1.29, 1.82) is 0 Å². The van der Waals surface area contributed by atoms with Crippen LogP contribution in [-0.2, 0) is 4.74 Å². The molecular weight excluding hydrogens is 260 g/mol. The number of carbonyl (C=O) groups is 2. The summed E-state index contributed by atoms with van der Waals surface area (Å²) in [4.78, 5) is 22.7. The van der Waals surface area contributed by atoms with Gasteiger partial charge in [0, 0.05) is 12.3 Å². The highest BCUT2D eigenvalue weighted by molar-refractivity contribution is 5.93. The Morgan fingerprint density at radius 3 is 2.90 bits per heavy atom. The number of nitrogens with one attached hydrogen (secondary N) is 2. The summed E-state index contributed by atoms with van der Waals surface area (Å²) in [5, 5.41) is 14.3. The van der Waals surface area contributed by atoms with E-state index in [1.54, 1.807) is 12.1 Å². The van der Waals surface area contributed by atoms with Crippen molar-refractivity contribution in [2.24, 2.45) is 0 Å². The van der Waals surface area contributed by atoms with Crippen molar-refractivity contribution in [3.05, 3.63) is 29.8 Å². The van der Waals surface area contributed by atoms with E-state index in [4.69, 9.17) is 9.84 Å². The molecular formula is C14H18N2O4. The Balaban J connectivity index is 1.90. The lowest BCUT2D eigenvalue weighted by molar-refractivity contribution is 0.0697. The van der Waals surface area contributed by atoms with E-state index in [2.05, 4.69) is 10.6 Å². The molecule has 1 saturated heterocycles. The minimum Gasteiger partial charge on any atom is -0.478 e. The quantitative estimate of drug-likeness (QED) is 0.786. The van der Waals surface area contributed by atoms with Crippen molar-refractivity contribution in [2.75, 3.05) is 11.9 Å². The van der Waals surface area contributed by atoms with Gasteiger partial charge in [0.1, 0.15) is 0 Å². The molecule has 6 heteroatoms. The monoisotopic (exact) mass is 278 g/mol. The van der Waals surface area contributed by atoms with Crippen LogP contribution in [0.2, 0.25) is 0 Å². The molecule has 2 unspecified atom stereocenters. The normalized spacial score (nSPS) is 19.4.